The van der Waals surface area contributed by atoms with E-state index in [2.05, 4.69) is 14.8 Å². The van der Waals surface area contributed by atoms with Crippen LogP contribution in [0.5, 0.6) is 0 Å². The number of thioether (sulfide) groups is 1. The quantitative estimate of drug-likeness (QED) is 0.357. The predicted octanol–water partition coefficient (Wildman–Crippen LogP) is 3.97. The molecule has 0 radical (unpaired) electrons. The lowest BCUT2D eigenvalue weighted by Gasteiger charge is -2.22. The average molecular weight is 284 g/mol. The van der Waals surface area contributed by atoms with Gasteiger partial charge in [-0.3, -0.25) is 0 Å². The third-order valence-corrected chi connectivity index (χ3v) is 4.12. The number of esters is 1. The summed E-state index contributed by atoms with van der Waals surface area (Å²) in [5, 5.41) is 4.07. The van der Waals surface area contributed by atoms with Crippen LogP contribution < -0.4 is 0 Å². The van der Waals surface area contributed by atoms with Gasteiger partial charge in [0.2, 0.25) is 0 Å². The standard InChI is InChI=1S/C11H10ClN3O2S/c1-17-11(16)6-5-10-7(4-8(6)12)9(14-15-13)2-3-18-10/h4-5,9H,2-3H2,1H3. The van der Waals surface area contributed by atoms with Gasteiger partial charge in [0.25, 0.3) is 0 Å². The second-order valence-corrected chi connectivity index (χ2v) is 5.26. The smallest absolute Gasteiger partial charge is 0.339 e. The Labute approximate surface area is 113 Å². The number of ether oxygens (including phenoxy) is 1. The third-order valence-electron chi connectivity index (χ3n) is 2.70. The first-order valence-corrected chi connectivity index (χ1v) is 6.62. The van der Waals surface area contributed by atoms with Crippen LogP contribution in [-0.2, 0) is 4.74 Å². The van der Waals surface area contributed by atoms with Crippen LogP contribution in [-0.4, -0.2) is 18.8 Å². The molecule has 0 aromatic heterocycles. The van der Waals surface area contributed by atoms with Crippen molar-refractivity contribution in [3.63, 3.8) is 0 Å². The number of nitrogens with zero attached hydrogens (tertiary/aromatic N) is 3. The molecular weight excluding hydrogens is 274 g/mol. The summed E-state index contributed by atoms with van der Waals surface area (Å²) in [7, 11) is 1.31. The fraction of sp³-hybridized carbons (Fsp3) is 0.364. The molecule has 1 aliphatic rings. The highest BCUT2D eigenvalue weighted by Crippen LogP contribution is 2.41. The Hall–Kier alpha value is -1.36. The zero-order valence-electron chi connectivity index (χ0n) is 9.59. The van der Waals surface area contributed by atoms with Crippen LogP contribution in [0.3, 0.4) is 0 Å². The second kappa shape index (κ2) is 5.52. The minimum absolute atomic E-state index is 0.213. The zero-order chi connectivity index (χ0) is 13.1. The van der Waals surface area contributed by atoms with Crippen molar-refractivity contribution >= 4 is 29.3 Å². The number of azide groups is 1. The van der Waals surface area contributed by atoms with Crippen molar-refractivity contribution in [2.45, 2.75) is 17.4 Å². The Bertz CT molecular complexity index is 543. The number of rotatable bonds is 2. The molecule has 18 heavy (non-hydrogen) atoms. The number of halogens is 1. The van der Waals surface area contributed by atoms with Gasteiger partial charge in [-0.15, -0.1) is 11.8 Å². The van der Waals surface area contributed by atoms with Crippen LogP contribution in [0.1, 0.15) is 28.4 Å². The monoisotopic (exact) mass is 283 g/mol. The first-order valence-electron chi connectivity index (χ1n) is 5.26. The molecule has 5 nitrogen and oxygen atoms in total. The fourth-order valence-corrected chi connectivity index (χ4v) is 3.21. The lowest BCUT2D eigenvalue weighted by Crippen LogP contribution is -2.08. The maximum absolute atomic E-state index is 11.5. The van der Waals surface area contributed by atoms with Gasteiger partial charge >= 0.3 is 5.97 Å². The molecule has 0 fully saturated rings. The van der Waals surface area contributed by atoms with Gasteiger partial charge in [0.05, 0.1) is 23.7 Å². The van der Waals surface area contributed by atoms with Crippen molar-refractivity contribution < 1.29 is 9.53 Å². The molecule has 1 aromatic rings. The van der Waals surface area contributed by atoms with Gasteiger partial charge in [-0.2, -0.15) is 0 Å². The van der Waals surface area contributed by atoms with E-state index in [0.717, 1.165) is 22.6 Å². The minimum Gasteiger partial charge on any atom is -0.465 e. The molecule has 1 aliphatic heterocycles. The van der Waals surface area contributed by atoms with Crippen LogP contribution in [0.2, 0.25) is 5.02 Å². The van der Waals surface area contributed by atoms with E-state index in [1.165, 1.54) is 7.11 Å². The lowest BCUT2D eigenvalue weighted by molar-refractivity contribution is 0.0600. The molecule has 1 atom stereocenters. The average Bonchev–Trinajstić information content (AvgIpc) is 2.38. The Kier molecular flexibility index (Phi) is 4.01. The summed E-state index contributed by atoms with van der Waals surface area (Å²) < 4.78 is 4.67. The molecule has 0 saturated heterocycles. The number of hydrogen-bond donors (Lipinski definition) is 0. The van der Waals surface area contributed by atoms with E-state index in [9.17, 15) is 4.79 Å². The highest BCUT2D eigenvalue weighted by atomic mass is 35.5. The second-order valence-electron chi connectivity index (χ2n) is 3.72. The molecule has 2 rings (SSSR count). The highest BCUT2D eigenvalue weighted by molar-refractivity contribution is 7.99. The normalized spacial score (nSPS) is 17.6. The molecule has 1 unspecified atom stereocenters. The fourth-order valence-electron chi connectivity index (χ4n) is 1.84. The summed E-state index contributed by atoms with van der Waals surface area (Å²) in [5.41, 5.74) is 9.76. The predicted molar refractivity (Wildman–Crippen MR) is 70.0 cm³/mol. The van der Waals surface area contributed by atoms with Crippen LogP contribution in [0.25, 0.3) is 10.4 Å². The van der Waals surface area contributed by atoms with Gasteiger partial charge in [0.15, 0.2) is 0 Å². The summed E-state index contributed by atoms with van der Waals surface area (Å²) in [6.07, 6.45) is 0.773. The van der Waals surface area contributed by atoms with Crippen molar-refractivity contribution in [1.29, 1.82) is 0 Å². The summed E-state index contributed by atoms with van der Waals surface area (Å²) >= 11 is 7.67. The molecule has 0 saturated carbocycles. The molecule has 0 bridgehead atoms. The van der Waals surface area contributed by atoms with E-state index in [1.54, 1.807) is 23.9 Å². The third kappa shape index (κ3) is 2.41. The summed E-state index contributed by atoms with van der Waals surface area (Å²) in [4.78, 5) is 15.3. The van der Waals surface area contributed by atoms with Crippen molar-refractivity contribution in [2.24, 2.45) is 5.11 Å². The van der Waals surface area contributed by atoms with Crippen molar-refractivity contribution in [2.75, 3.05) is 12.9 Å². The lowest BCUT2D eigenvalue weighted by atomic mass is 10.0. The first kappa shape index (κ1) is 13.1. The number of benzene rings is 1. The summed E-state index contributed by atoms with van der Waals surface area (Å²) in [5.74, 6) is 0.383. The van der Waals surface area contributed by atoms with Crippen LogP contribution >= 0.6 is 23.4 Å². The Morgan fingerprint density at radius 1 is 1.67 bits per heavy atom. The van der Waals surface area contributed by atoms with Gasteiger partial charge in [0, 0.05) is 9.81 Å². The summed E-state index contributed by atoms with van der Waals surface area (Å²) in [6, 6.07) is 3.18. The van der Waals surface area contributed by atoms with Gasteiger partial charge in [-0.1, -0.05) is 16.7 Å². The van der Waals surface area contributed by atoms with Gasteiger partial charge < -0.3 is 4.74 Å². The van der Waals surface area contributed by atoms with Gasteiger partial charge in [-0.25, -0.2) is 4.79 Å². The molecular formula is C11H10ClN3O2S. The molecule has 0 amide bonds. The number of carbonyl (C=O) groups is 1. The van der Waals surface area contributed by atoms with Gasteiger partial charge in [-0.05, 0) is 35.4 Å². The summed E-state index contributed by atoms with van der Waals surface area (Å²) in [6.45, 7) is 0. The molecule has 94 valence electrons. The molecule has 1 aromatic carbocycles. The molecule has 1 heterocycles. The number of carbonyl (C=O) groups excluding carboxylic acids is 1. The van der Waals surface area contributed by atoms with Crippen LogP contribution in [0, 0.1) is 0 Å². The maximum atomic E-state index is 11.5. The zero-order valence-corrected chi connectivity index (χ0v) is 11.2. The highest BCUT2D eigenvalue weighted by Gasteiger charge is 2.23. The molecule has 0 N–H and O–H groups in total. The van der Waals surface area contributed by atoms with Crippen molar-refractivity contribution in [3.8, 4) is 0 Å². The van der Waals surface area contributed by atoms with E-state index >= 15 is 0 Å². The number of fused-ring (bicyclic) bond motifs is 1. The minimum atomic E-state index is -0.464. The van der Waals surface area contributed by atoms with E-state index < -0.39 is 5.97 Å². The van der Waals surface area contributed by atoms with Crippen molar-refractivity contribution in [3.05, 3.63) is 38.7 Å². The first-order chi connectivity index (χ1) is 8.67. The SMILES string of the molecule is COC(=O)c1cc2c(cc1Cl)C(N=[N+]=[N-])CCS2. The molecule has 0 aliphatic carbocycles. The molecule has 7 heteroatoms. The van der Waals surface area contributed by atoms with Crippen molar-refractivity contribution in [1.82, 2.24) is 0 Å². The van der Waals surface area contributed by atoms with E-state index in [1.807, 2.05) is 0 Å². The van der Waals surface area contributed by atoms with Crippen LogP contribution in [0.4, 0.5) is 0 Å². The largest absolute Gasteiger partial charge is 0.465 e. The Morgan fingerprint density at radius 2 is 2.44 bits per heavy atom. The van der Waals surface area contributed by atoms with Gasteiger partial charge in [0.1, 0.15) is 0 Å². The van der Waals surface area contributed by atoms with E-state index in [4.69, 9.17) is 17.1 Å². The van der Waals surface area contributed by atoms with E-state index in [-0.39, 0.29) is 6.04 Å². The molecule has 0 spiro atoms. The van der Waals surface area contributed by atoms with Crippen LogP contribution in [0.15, 0.2) is 22.1 Å². The topological polar surface area (TPSA) is 75.1 Å². The number of methoxy groups -OCH3 is 1. The Balaban J connectivity index is 2.50. The number of hydrogen-bond acceptors (Lipinski definition) is 4. The van der Waals surface area contributed by atoms with E-state index in [0.29, 0.717) is 10.6 Å². The maximum Gasteiger partial charge on any atom is 0.339 e. The Morgan fingerprint density at radius 3 is 3.11 bits per heavy atom.